The summed E-state index contributed by atoms with van der Waals surface area (Å²) in [6.45, 7) is 9.51. The smallest absolute Gasteiger partial charge is 0.407 e. The maximum absolute atomic E-state index is 13.3. The summed E-state index contributed by atoms with van der Waals surface area (Å²) >= 11 is 0. The van der Waals surface area contributed by atoms with Gasteiger partial charge in [-0.1, -0.05) is 6.07 Å². The molecular formula is C30H39N7O6. The largest absolute Gasteiger partial charge is 0.444 e. The van der Waals surface area contributed by atoms with Crippen molar-refractivity contribution in [1.29, 1.82) is 0 Å². The third-order valence-electron chi connectivity index (χ3n) is 7.81. The number of likely N-dealkylation sites (tertiary alicyclic amines) is 1. The number of anilines is 1. The van der Waals surface area contributed by atoms with Crippen LogP contribution in [0.5, 0.6) is 0 Å². The quantitative estimate of drug-likeness (QED) is 0.372. The molecular weight excluding hydrogens is 554 g/mol. The zero-order valence-electron chi connectivity index (χ0n) is 24.9. The highest BCUT2D eigenvalue weighted by molar-refractivity contribution is 6.25. The first-order valence-electron chi connectivity index (χ1n) is 14.8. The van der Waals surface area contributed by atoms with E-state index in [-0.39, 0.29) is 36.1 Å². The van der Waals surface area contributed by atoms with Crippen LogP contribution in [0.3, 0.4) is 0 Å². The van der Waals surface area contributed by atoms with Gasteiger partial charge in [0, 0.05) is 44.0 Å². The van der Waals surface area contributed by atoms with Gasteiger partial charge in [0.2, 0.25) is 11.8 Å². The number of piperidine rings is 2. The van der Waals surface area contributed by atoms with Crippen molar-refractivity contribution in [2.24, 2.45) is 0 Å². The van der Waals surface area contributed by atoms with Gasteiger partial charge in [0.25, 0.3) is 11.8 Å². The van der Waals surface area contributed by atoms with Crippen LogP contribution >= 0.6 is 0 Å². The number of amides is 5. The molecule has 5 amide bonds. The van der Waals surface area contributed by atoms with E-state index >= 15 is 0 Å². The first-order valence-corrected chi connectivity index (χ1v) is 14.8. The van der Waals surface area contributed by atoms with Gasteiger partial charge in [-0.2, -0.15) is 0 Å². The standard InChI is InChI=1S/C30H39N7O6/c1-30(2,3)43-29(42)33-19-10-14-35(15-11-19)12-5-13-36-17-20(32-18-36)16-31-22-7-4-6-21-25(22)28(41)37(27(21)40)23-8-9-24(38)34-26(23)39/h4,6-7,17-19,23,31H,5,8-16H2,1-3H3,(H,33,42)(H,34,38,39). The molecule has 0 saturated carbocycles. The van der Waals surface area contributed by atoms with Crippen LogP contribution in [0.25, 0.3) is 0 Å². The van der Waals surface area contributed by atoms with Crippen LogP contribution in [0.4, 0.5) is 10.5 Å². The lowest BCUT2D eigenvalue weighted by Gasteiger charge is -2.32. The van der Waals surface area contributed by atoms with Crippen molar-refractivity contribution >= 4 is 35.4 Å². The van der Waals surface area contributed by atoms with Crippen molar-refractivity contribution in [2.75, 3.05) is 25.0 Å². The minimum Gasteiger partial charge on any atom is -0.444 e. The number of carbonyl (C=O) groups is 5. The zero-order valence-corrected chi connectivity index (χ0v) is 24.9. The number of ether oxygens (including phenoxy) is 1. The maximum atomic E-state index is 13.3. The molecule has 43 heavy (non-hydrogen) atoms. The predicted molar refractivity (Wildman–Crippen MR) is 156 cm³/mol. The molecule has 0 radical (unpaired) electrons. The molecule has 3 aliphatic rings. The number of rotatable bonds is 9. The molecule has 3 N–H and O–H groups in total. The normalized spacial score (nSPS) is 19.8. The second-order valence-corrected chi connectivity index (χ2v) is 12.2. The monoisotopic (exact) mass is 593 g/mol. The average Bonchev–Trinajstić information content (AvgIpc) is 3.50. The van der Waals surface area contributed by atoms with E-state index in [1.807, 2.05) is 31.5 Å². The summed E-state index contributed by atoms with van der Waals surface area (Å²) in [5.74, 6) is -2.13. The Kier molecular flexibility index (Phi) is 8.81. The summed E-state index contributed by atoms with van der Waals surface area (Å²) in [7, 11) is 0. The van der Waals surface area contributed by atoms with E-state index in [2.05, 4.69) is 25.8 Å². The molecule has 2 fully saturated rings. The molecule has 1 atom stereocenters. The highest BCUT2D eigenvalue weighted by Gasteiger charge is 2.45. The highest BCUT2D eigenvalue weighted by atomic mass is 16.6. The summed E-state index contributed by atoms with van der Waals surface area (Å²) in [4.78, 5) is 70.1. The van der Waals surface area contributed by atoms with Gasteiger partial charge in [-0.05, 0) is 65.1 Å². The van der Waals surface area contributed by atoms with Gasteiger partial charge in [-0.15, -0.1) is 0 Å². The second kappa shape index (κ2) is 12.5. The van der Waals surface area contributed by atoms with Crippen LogP contribution in [0.2, 0.25) is 0 Å². The van der Waals surface area contributed by atoms with Crippen molar-refractivity contribution in [3.63, 3.8) is 0 Å². The van der Waals surface area contributed by atoms with Crippen LogP contribution in [0, 0.1) is 0 Å². The van der Waals surface area contributed by atoms with E-state index in [1.54, 1.807) is 24.5 Å². The average molecular weight is 594 g/mol. The number of alkyl carbamates (subject to hydrolysis) is 1. The van der Waals surface area contributed by atoms with E-state index in [1.165, 1.54) is 0 Å². The molecule has 230 valence electrons. The van der Waals surface area contributed by atoms with Crippen LogP contribution in [-0.4, -0.2) is 86.4 Å². The minimum atomic E-state index is -1.01. The number of fused-ring (bicyclic) bond motifs is 1. The van der Waals surface area contributed by atoms with Gasteiger partial charge in [0.05, 0.1) is 29.7 Å². The molecule has 1 aromatic heterocycles. The fourth-order valence-corrected chi connectivity index (χ4v) is 5.72. The van der Waals surface area contributed by atoms with E-state index in [4.69, 9.17) is 4.74 Å². The predicted octanol–water partition coefficient (Wildman–Crippen LogP) is 2.28. The van der Waals surface area contributed by atoms with Crippen LogP contribution in [0.1, 0.15) is 79.3 Å². The summed E-state index contributed by atoms with van der Waals surface area (Å²) in [6, 6.07) is 4.11. The SMILES string of the molecule is CC(C)(C)OC(=O)NC1CCN(CCCn2cnc(CNc3cccc4c3C(=O)N(C3CCC(=O)NC3=O)C4=O)c2)CC1. The Balaban J connectivity index is 1.08. The fourth-order valence-electron chi connectivity index (χ4n) is 5.72. The lowest BCUT2D eigenvalue weighted by molar-refractivity contribution is -0.136. The topological polar surface area (TPSA) is 155 Å². The van der Waals surface area contributed by atoms with Crippen LogP contribution < -0.4 is 16.0 Å². The molecule has 2 aromatic rings. The van der Waals surface area contributed by atoms with Gasteiger partial charge < -0.3 is 24.8 Å². The lowest BCUT2D eigenvalue weighted by atomic mass is 10.0. The molecule has 13 nitrogen and oxygen atoms in total. The Morgan fingerprint density at radius 3 is 2.56 bits per heavy atom. The second-order valence-electron chi connectivity index (χ2n) is 12.2. The Morgan fingerprint density at radius 1 is 1.07 bits per heavy atom. The summed E-state index contributed by atoms with van der Waals surface area (Å²) in [6.07, 6.45) is 6.29. The molecule has 0 spiro atoms. The number of hydrogen-bond donors (Lipinski definition) is 3. The number of hydrogen-bond acceptors (Lipinski definition) is 9. The molecule has 0 aliphatic carbocycles. The van der Waals surface area contributed by atoms with Crippen LogP contribution in [0.15, 0.2) is 30.7 Å². The van der Waals surface area contributed by atoms with Gasteiger partial charge in [-0.25, -0.2) is 9.78 Å². The van der Waals surface area contributed by atoms with Gasteiger partial charge >= 0.3 is 6.09 Å². The fraction of sp³-hybridized carbons (Fsp3) is 0.533. The Hall–Kier alpha value is -4.26. The first kappa shape index (κ1) is 30.2. The molecule has 2 saturated heterocycles. The first-order chi connectivity index (χ1) is 20.5. The number of carbonyl (C=O) groups excluding carboxylic acids is 5. The number of nitrogens with one attached hydrogen (secondary N) is 3. The number of aromatic nitrogens is 2. The number of imide groups is 2. The Bertz CT molecular complexity index is 1410. The number of imidazole rings is 1. The van der Waals surface area contributed by atoms with Crippen molar-refractivity contribution in [1.82, 2.24) is 30.0 Å². The molecule has 3 aliphatic heterocycles. The summed E-state index contributed by atoms with van der Waals surface area (Å²) in [5.41, 5.74) is 1.22. The number of nitrogens with zero attached hydrogens (tertiary/aromatic N) is 4. The summed E-state index contributed by atoms with van der Waals surface area (Å²) in [5, 5.41) is 8.41. The van der Waals surface area contributed by atoms with Gasteiger partial charge in [-0.3, -0.25) is 29.4 Å². The summed E-state index contributed by atoms with van der Waals surface area (Å²) < 4.78 is 7.39. The van der Waals surface area contributed by atoms with Crippen molar-refractivity contribution in [3.05, 3.63) is 47.5 Å². The maximum Gasteiger partial charge on any atom is 0.407 e. The molecule has 0 bridgehead atoms. The molecule has 4 heterocycles. The van der Waals surface area contributed by atoms with Crippen molar-refractivity contribution in [2.45, 2.75) is 83.6 Å². The van der Waals surface area contributed by atoms with E-state index in [0.717, 1.165) is 56.0 Å². The van der Waals surface area contributed by atoms with E-state index in [0.29, 0.717) is 12.2 Å². The lowest BCUT2D eigenvalue weighted by Crippen LogP contribution is -2.54. The molecule has 1 aromatic carbocycles. The highest BCUT2D eigenvalue weighted by Crippen LogP contribution is 2.32. The zero-order chi connectivity index (χ0) is 30.7. The number of aryl methyl sites for hydroxylation is 1. The third kappa shape index (κ3) is 7.22. The van der Waals surface area contributed by atoms with Crippen molar-refractivity contribution in [3.8, 4) is 0 Å². The van der Waals surface area contributed by atoms with Crippen LogP contribution in [-0.2, 0) is 27.4 Å². The Morgan fingerprint density at radius 2 is 1.84 bits per heavy atom. The Labute approximate surface area is 250 Å². The minimum absolute atomic E-state index is 0.0728. The number of benzene rings is 1. The van der Waals surface area contributed by atoms with Gasteiger partial charge in [0.1, 0.15) is 11.6 Å². The van der Waals surface area contributed by atoms with Gasteiger partial charge in [0.15, 0.2) is 0 Å². The van der Waals surface area contributed by atoms with E-state index in [9.17, 15) is 24.0 Å². The third-order valence-corrected chi connectivity index (χ3v) is 7.81. The van der Waals surface area contributed by atoms with E-state index < -0.39 is 35.3 Å². The molecule has 1 unspecified atom stereocenters. The van der Waals surface area contributed by atoms with Crippen molar-refractivity contribution < 1.29 is 28.7 Å². The molecule has 5 rings (SSSR count). The molecule has 13 heteroatoms.